The maximum atomic E-state index is 13.1. The summed E-state index contributed by atoms with van der Waals surface area (Å²) < 4.78 is 6.19. The lowest BCUT2D eigenvalue weighted by molar-refractivity contribution is -0.127. The number of benzene rings is 3. The molecule has 0 saturated carbocycles. The van der Waals surface area contributed by atoms with Gasteiger partial charge in [0, 0.05) is 36.1 Å². The molecule has 1 heterocycles. The van der Waals surface area contributed by atoms with Gasteiger partial charge >= 0.3 is 0 Å². The zero-order valence-corrected chi connectivity index (χ0v) is 22.6. The van der Waals surface area contributed by atoms with E-state index in [4.69, 9.17) is 4.74 Å². The standard InChI is InChI=1S/C30H31N3O4S/c1-4-32(5-2)24-16-15-23(26(18-24)37-20-22-12-7-6-8-13-22)17-27-29(35)33(30(36)38-27)19-28(34)31-25-14-10-9-11-21(25)3/h6-18H,4-5,19-20H2,1-3H3,(H,31,34)/b27-17+. The fourth-order valence-electron chi connectivity index (χ4n) is 4.11. The number of carbonyl (C=O) groups excluding carboxylic acids is 3. The highest BCUT2D eigenvalue weighted by molar-refractivity contribution is 8.18. The molecule has 0 aromatic heterocycles. The number of ether oxygens (including phenoxy) is 1. The Morgan fingerprint density at radius 3 is 2.42 bits per heavy atom. The predicted molar refractivity (Wildman–Crippen MR) is 153 cm³/mol. The molecule has 1 aliphatic rings. The molecule has 7 nitrogen and oxygen atoms in total. The van der Waals surface area contributed by atoms with Crippen LogP contribution in [0.2, 0.25) is 0 Å². The summed E-state index contributed by atoms with van der Waals surface area (Å²) in [5, 5.41) is 2.29. The smallest absolute Gasteiger partial charge is 0.294 e. The number of thioether (sulfide) groups is 1. The number of hydrogen-bond acceptors (Lipinski definition) is 6. The van der Waals surface area contributed by atoms with Gasteiger partial charge in [-0.2, -0.15) is 0 Å². The molecule has 0 spiro atoms. The molecule has 8 heteroatoms. The van der Waals surface area contributed by atoms with E-state index < -0.39 is 17.1 Å². The molecule has 0 aliphatic carbocycles. The van der Waals surface area contributed by atoms with Crippen molar-refractivity contribution in [3.05, 3.63) is 94.4 Å². The molecule has 1 N–H and O–H groups in total. The summed E-state index contributed by atoms with van der Waals surface area (Å²) in [5.74, 6) is -0.317. The van der Waals surface area contributed by atoms with E-state index in [0.717, 1.165) is 46.6 Å². The quantitative estimate of drug-likeness (QED) is 0.320. The topological polar surface area (TPSA) is 79.0 Å². The van der Waals surface area contributed by atoms with Gasteiger partial charge in [-0.25, -0.2) is 0 Å². The van der Waals surface area contributed by atoms with E-state index in [2.05, 4.69) is 24.1 Å². The predicted octanol–water partition coefficient (Wildman–Crippen LogP) is 6.10. The van der Waals surface area contributed by atoms with Gasteiger partial charge in [0.1, 0.15) is 18.9 Å². The van der Waals surface area contributed by atoms with Gasteiger partial charge in [-0.3, -0.25) is 19.3 Å². The number of nitrogens with one attached hydrogen (secondary N) is 1. The van der Waals surface area contributed by atoms with Crippen molar-refractivity contribution < 1.29 is 19.1 Å². The summed E-state index contributed by atoms with van der Waals surface area (Å²) in [4.78, 5) is 41.8. The summed E-state index contributed by atoms with van der Waals surface area (Å²) in [6, 6.07) is 23.0. The Labute approximate surface area is 227 Å². The first-order chi connectivity index (χ1) is 18.4. The molecule has 0 unspecified atom stereocenters. The van der Waals surface area contributed by atoms with E-state index in [9.17, 15) is 14.4 Å². The lowest BCUT2D eigenvalue weighted by Gasteiger charge is -2.22. The SMILES string of the molecule is CCN(CC)c1ccc(/C=C2/SC(=O)N(CC(=O)Nc3ccccc3C)C2=O)c(OCc2ccccc2)c1. The number of amides is 3. The van der Waals surface area contributed by atoms with Crippen LogP contribution in [0.15, 0.2) is 77.7 Å². The van der Waals surface area contributed by atoms with Gasteiger partial charge in [-0.1, -0.05) is 48.5 Å². The van der Waals surface area contributed by atoms with Crippen molar-refractivity contribution in [3.63, 3.8) is 0 Å². The van der Waals surface area contributed by atoms with Crippen molar-refractivity contribution in [1.82, 2.24) is 4.90 Å². The molecule has 1 fully saturated rings. The molecule has 38 heavy (non-hydrogen) atoms. The van der Waals surface area contributed by atoms with Crippen LogP contribution in [0.25, 0.3) is 6.08 Å². The molecule has 196 valence electrons. The van der Waals surface area contributed by atoms with Crippen molar-refractivity contribution >= 4 is 46.3 Å². The second-order valence-corrected chi connectivity index (χ2v) is 9.79. The fraction of sp³-hybridized carbons (Fsp3) is 0.233. The molecule has 3 amide bonds. The average Bonchev–Trinajstić information content (AvgIpc) is 3.18. The summed E-state index contributed by atoms with van der Waals surface area (Å²) >= 11 is 0.823. The molecule has 1 aliphatic heterocycles. The molecule has 0 radical (unpaired) electrons. The Kier molecular flexibility index (Phi) is 8.86. The summed E-state index contributed by atoms with van der Waals surface area (Å²) in [7, 11) is 0. The third-order valence-corrected chi connectivity index (χ3v) is 7.15. The Hall–Kier alpha value is -4.04. The number of imide groups is 1. The number of carbonyl (C=O) groups is 3. The van der Waals surface area contributed by atoms with E-state index >= 15 is 0 Å². The minimum Gasteiger partial charge on any atom is -0.488 e. The average molecular weight is 530 g/mol. The number of aryl methyl sites for hydroxylation is 1. The van der Waals surface area contributed by atoms with Gasteiger partial charge < -0.3 is 15.0 Å². The summed E-state index contributed by atoms with van der Waals surface area (Å²) in [6.45, 7) is 7.76. The molecule has 4 rings (SSSR count). The second kappa shape index (κ2) is 12.5. The number of nitrogens with zero attached hydrogens (tertiary/aromatic N) is 2. The molecule has 3 aromatic rings. The number of anilines is 2. The zero-order valence-electron chi connectivity index (χ0n) is 21.8. The van der Waals surface area contributed by atoms with Crippen molar-refractivity contribution in [1.29, 1.82) is 0 Å². The monoisotopic (exact) mass is 529 g/mol. The van der Waals surface area contributed by atoms with Crippen LogP contribution < -0.4 is 15.0 Å². The van der Waals surface area contributed by atoms with Crippen molar-refractivity contribution in [2.24, 2.45) is 0 Å². The first kappa shape index (κ1) is 27.0. The van der Waals surface area contributed by atoms with Gasteiger partial charge in [-0.15, -0.1) is 0 Å². The van der Waals surface area contributed by atoms with E-state index in [1.54, 1.807) is 12.1 Å². The largest absolute Gasteiger partial charge is 0.488 e. The van der Waals surface area contributed by atoms with Gasteiger partial charge in [0.05, 0.1) is 4.91 Å². The zero-order chi connectivity index (χ0) is 27.1. The normalized spacial score (nSPS) is 14.2. The van der Waals surface area contributed by atoms with Crippen molar-refractivity contribution in [2.75, 3.05) is 29.9 Å². The minimum atomic E-state index is -0.498. The highest BCUT2D eigenvalue weighted by Gasteiger charge is 2.36. The van der Waals surface area contributed by atoms with Gasteiger partial charge in [0.25, 0.3) is 11.1 Å². The highest BCUT2D eigenvalue weighted by atomic mass is 32.2. The summed E-state index contributed by atoms with van der Waals surface area (Å²) in [6.07, 6.45) is 1.66. The summed E-state index contributed by atoms with van der Waals surface area (Å²) in [5.41, 5.74) is 4.26. The minimum absolute atomic E-state index is 0.249. The third kappa shape index (κ3) is 6.44. The molecule has 0 bridgehead atoms. The number of rotatable bonds is 10. The number of hydrogen-bond donors (Lipinski definition) is 1. The van der Waals surface area contributed by atoms with Crippen molar-refractivity contribution in [2.45, 2.75) is 27.4 Å². The first-order valence-electron chi connectivity index (χ1n) is 12.6. The van der Waals surface area contributed by atoms with Crippen LogP contribution in [0, 0.1) is 6.92 Å². The van der Waals surface area contributed by atoms with E-state index in [-0.39, 0.29) is 11.4 Å². The third-order valence-electron chi connectivity index (χ3n) is 6.24. The first-order valence-corrected chi connectivity index (χ1v) is 13.4. The molecule has 1 saturated heterocycles. The Balaban J connectivity index is 1.55. The lowest BCUT2D eigenvalue weighted by atomic mass is 10.1. The highest BCUT2D eigenvalue weighted by Crippen LogP contribution is 2.35. The Morgan fingerprint density at radius 2 is 1.71 bits per heavy atom. The fourth-order valence-corrected chi connectivity index (χ4v) is 4.94. The van der Waals surface area contributed by atoms with Crippen LogP contribution in [0.1, 0.15) is 30.5 Å². The lowest BCUT2D eigenvalue weighted by Crippen LogP contribution is -2.36. The van der Waals surface area contributed by atoms with Crippen LogP contribution in [0.4, 0.5) is 16.2 Å². The Morgan fingerprint density at radius 1 is 1.00 bits per heavy atom. The van der Waals surface area contributed by atoms with Crippen LogP contribution in [-0.4, -0.2) is 41.6 Å². The Bertz CT molecular complexity index is 1350. The van der Waals surface area contributed by atoms with Gasteiger partial charge in [0.2, 0.25) is 5.91 Å². The van der Waals surface area contributed by atoms with Crippen LogP contribution >= 0.6 is 11.8 Å². The maximum Gasteiger partial charge on any atom is 0.294 e. The molecular formula is C30H31N3O4S. The van der Waals surface area contributed by atoms with Crippen LogP contribution in [0.3, 0.4) is 0 Å². The van der Waals surface area contributed by atoms with Crippen LogP contribution in [0.5, 0.6) is 5.75 Å². The maximum absolute atomic E-state index is 13.1. The second-order valence-electron chi connectivity index (χ2n) is 8.80. The van der Waals surface area contributed by atoms with E-state index in [0.29, 0.717) is 23.6 Å². The van der Waals surface area contributed by atoms with Crippen molar-refractivity contribution in [3.8, 4) is 5.75 Å². The number of para-hydroxylation sites is 1. The molecule has 3 aromatic carbocycles. The molecule has 0 atom stereocenters. The van der Waals surface area contributed by atoms with E-state index in [1.165, 1.54) is 0 Å². The van der Waals surface area contributed by atoms with Gasteiger partial charge in [0.15, 0.2) is 0 Å². The van der Waals surface area contributed by atoms with Crippen LogP contribution in [-0.2, 0) is 16.2 Å². The van der Waals surface area contributed by atoms with E-state index in [1.807, 2.05) is 73.7 Å². The van der Waals surface area contributed by atoms with Gasteiger partial charge in [-0.05, 0) is 67.9 Å². The molecular weight excluding hydrogens is 498 g/mol.